The fourth-order valence-corrected chi connectivity index (χ4v) is 10.5. The fourth-order valence-electron chi connectivity index (χ4n) is 10.5. The molecule has 0 amide bonds. The second kappa shape index (κ2) is 17.8. The third-order valence-corrected chi connectivity index (χ3v) is 14.4. The minimum Gasteiger partial charge on any atom is -0.550 e. The van der Waals surface area contributed by atoms with Gasteiger partial charge in [0.1, 0.15) is 11.9 Å². The standard InChI is InChI=1S/C42H70O11.Na/c1-11-29(38(46)47)31-15-14-23(4)36(50-31)27(8)34(44)26(7)35(45)30(12-2)37-24(5)22-25(6)41(51-37)19-16-32(43)42(53-41)21-20-39(10,52-42)33-17-18-40(48,13-3)28(9)49-33;/h16,19,23-34,36-37,43-44,48H,11-15,17-18,20-22H2,1-10H3,(H,46,47);/q;+1/p-1/t23-,24-,25+,26-,27-,28-,29+,30-,31+,32-,33+,34+,36+,37-,39-,40+,41-,42-;/m0./s1. The monoisotopic (exact) mass is 772 g/mol. The SMILES string of the molecule is CC[C@@H](C(=O)[C@@H](C)[C@@H](O)[C@H](C)[C@@H]1O[C@@H]([C@@H](CC)C(=O)[O-])CC[C@@H]1C)[C@H]1O[C@]2(C=C[C@H](O)[C@]3(CC[C@@](C)([C@H]4CC[C@](O)(CC)[C@H](C)O4)O3)O2)[C@H](C)C[C@@H]1C.[Na+]. The smallest absolute Gasteiger partial charge is 0.550 e. The van der Waals surface area contributed by atoms with Crippen molar-refractivity contribution in [1.29, 1.82) is 0 Å². The van der Waals surface area contributed by atoms with Gasteiger partial charge in [-0.2, -0.15) is 0 Å². The maximum Gasteiger partial charge on any atom is 1.00 e. The van der Waals surface area contributed by atoms with Gasteiger partial charge >= 0.3 is 29.6 Å². The summed E-state index contributed by atoms with van der Waals surface area (Å²) >= 11 is 0. The van der Waals surface area contributed by atoms with Crippen molar-refractivity contribution in [3.63, 3.8) is 0 Å². The quantitative estimate of drug-likeness (QED) is 0.196. The van der Waals surface area contributed by atoms with Gasteiger partial charge in [0.15, 0.2) is 5.79 Å². The Kier molecular flexibility index (Phi) is 15.3. The molecule has 5 rings (SSSR count). The molecule has 0 aromatic rings. The number of carbonyl (C=O) groups is 2. The zero-order valence-electron chi connectivity index (χ0n) is 34.9. The van der Waals surface area contributed by atoms with Gasteiger partial charge in [0.25, 0.3) is 0 Å². The molecule has 12 heteroatoms. The zero-order chi connectivity index (χ0) is 39.3. The molecule has 0 aromatic heterocycles. The second-order valence-corrected chi connectivity index (χ2v) is 17.9. The van der Waals surface area contributed by atoms with Crippen molar-refractivity contribution in [3.05, 3.63) is 12.2 Å². The summed E-state index contributed by atoms with van der Waals surface area (Å²) in [5, 5.41) is 46.0. The van der Waals surface area contributed by atoms with Crippen molar-refractivity contribution in [2.75, 3.05) is 0 Å². The number of carboxylic acid groups (broad SMARTS) is 1. The number of ether oxygens (including phenoxy) is 5. The number of carbonyl (C=O) groups excluding carboxylic acids is 2. The summed E-state index contributed by atoms with van der Waals surface area (Å²) in [6.45, 7) is 19.5. The van der Waals surface area contributed by atoms with Crippen molar-refractivity contribution in [2.24, 2.45) is 41.4 Å². The summed E-state index contributed by atoms with van der Waals surface area (Å²) < 4.78 is 33.4. The van der Waals surface area contributed by atoms with Crippen LogP contribution >= 0.6 is 0 Å². The molecule has 54 heavy (non-hydrogen) atoms. The Balaban J connectivity index is 0.00000650. The number of rotatable bonds is 12. The van der Waals surface area contributed by atoms with Gasteiger partial charge in [-0.25, -0.2) is 0 Å². The van der Waals surface area contributed by atoms with Crippen LogP contribution in [0.3, 0.4) is 0 Å². The van der Waals surface area contributed by atoms with Crippen LogP contribution < -0.4 is 34.7 Å². The van der Waals surface area contributed by atoms with E-state index in [2.05, 4.69) is 20.8 Å². The number of hydrogen-bond acceptors (Lipinski definition) is 11. The van der Waals surface area contributed by atoms with Gasteiger partial charge in [-0.05, 0) is 95.6 Å². The van der Waals surface area contributed by atoms with Gasteiger partial charge in [-0.15, -0.1) is 0 Å². The van der Waals surface area contributed by atoms with E-state index in [1.165, 1.54) is 0 Å². The summed E-state index contributed by atoms with van der Waals surface area (Å²) in [5.74, 6) is -6.24. The Hall–Kier alpha value is -0.440. The first kappa shape index (κ1) is 46.3. The Bertz CT molecular complexity index is 1330. The van der Waals surface area contributed by atoms with Crippen LogP contribution in [-0.4, -0.2) is 92.6 Å². The molecule has 5 heterocycles. The Morgan fingerprint density at radius 2 is 1.57 bits per heavy atom. The van der Waals surface area contributed by atoms with E-state index in [0.29, 0.717) is 57.8 Å². The minimum absolute atomic E-state index is 0. The van der Waals surface area contributed by atoms with Crippen molar-refractivity contribution >= 4 is 11.8 Å². The third-order valence-electron chi connectivity index (χ3n) is 14.4. The van der Waals surface area contributed by atoms with E-state index in [4.69, 9.17) is 23.7 Å². The van der Waals surface area contributed by atoms with E-state index >= 15 is 0 Å². The largest absolute Gasteiger partial charge is 1.00 e. The first-order valence-corrected chi connectivity index (χ1v) is 20.7. The van der Waals surface area contributed by atoms with E-state index in [0.717, 1.165) is 6.42 Å². The van der Waals surface area contributed by atoms with Crippen molar-refractivity contribution in [3.8, 4) is 0 Å². The molecule has 11 nitrogen and oxygen atoms in total. The molecule has 5 aliphatic rings. The van der Waals surface area contributed by atoms with Gasteiger partial charge in [-0.1, -0.05) is 55.4 Å². The van der Waals surface area contributed by atoms with Gasteiger partial charge in [0.05, 0.1) is 47.8 Å². The van der Waals surface area contributed by atoms with Gasteiger partial charge in [-0.3, -0.25) is 4.79 Å². The molecule has 0 unspecified atom stereocenters. The molecule has 0 aromatic carbocycles. The van der Waals surface area contributed by atoms with Crippen molar-refractivity contribution in [2.45, 2.75) is 199 Å². The second-order valence-electron chi connectivity index (χ2n) is 17.9. The number of aliphatic hydroxyl groups excluding tert-OH is 2. The van der Waals surface area contributed by atoms with Crippen LogP contribution in [-0.2, 0) is 33.3 Å². The van der Waals surface area contributed by atoms with E-state index in [9.17, 15) is 30.0 Å². The maximum absolute atomic E-state index is 14.4. The summed E-state index contributed by atoms with van der Waals surface area (Å²) in [5.41, 5.74) is -1.64. The van der Waals surface area contributed by atoms with Crippen molar-refractivity contribution < 1.29 is 83.3 Å². The van der Waals surface area contributed by atoms with Crippen LogP contribution in [0.25, 0.3) is 0 Å². The number of Topliss-reactive ketones (excluding diaryl/α,β-unsaturated/α-hetero) is 1. The molecule has 0 bridgehead atoms. The van der Waals surface area contributed by atoms with Gasteiger partial charge in [0.2, 0.25) is 5.79 Å². The van der Waals surface area contributed by atoms with Crippen LogP contribution in [0.4, 0.5) is 0 Å². The zero-order valence-corrected chi connectivity index (χ0v) is 36.9. The molecule has 2 spiro atoms. The predicted molar refractivity (Wildman–Crippen MR) is 196 cm³/mol. The number of aliphatic carboxylic acids is 1. The van der Waals surface area contributed by atoms with Gasteiger partial charge < -0.3 is 48.9 Å². The van der Waals surface area contributed by atoms with Crippen molar-refractivity contribution in [1.82, 2.24) is 0 Å². The summed E-state index contributed by atoms with van der Waals surface area (Å²) in [7, 11) is 0. The van der Waals surface area contributed by atoms with E-state index < -0.39 is 82.9 Å². The van der Waals surface area contributed by atoms with Crippen LogP contribution in [0.1, 0.15) is 133 Å². The number of hydrogen-bond donors (Lipinski definition) is 3. The first-order chi connectivity index (χ1) is 24.8. The predicted octanol–water partition coefficient (Wildman–Crippen LogP) is 1.86. The van der Waals surface area contributed by atoms with Crippen LogP contribution in [0, 0.1) is 41.4 Å². The van der Waals surface area contributed by atoms with E-state index in [1.807, 2.05) is 41.5 Å². The van der Waals surface area contributed by atoms with E-state index in [1.54, 1.807) is 19.1 Å². The molecule has 18 atom stereocenters. The first-order valence-electron chi connectivity index (χ1n) is 20.7. The fraction of sp³-hybridized carbons (Fsp3) is 0.905. The summed E-state index contributed by atoms with van der Waals surface area (Å²) in [4.78, 5) is 26.2. The number of ketones is 1. The molecule has 3 N–H and O–H groups in total. The molecule has 5 aliphatic heterocycles. The normalized spacial score (nSPS) is 45.3. The number of aliphatic hydroxyl groups is 3. The summed E-state index contributed by atoms with van der Waals surface area (Å²) in [6, 6.07) is 0. The molecular weight excluding hydrogens is 703 g/mol. The maximum atomic E-state index is 14.4. The molecule has 4 fully saturated rings. The minimum atomic E-state index is -1.37. The van der Waals surface area contributed by atoms with Crippen LogP contribution in [0.5, 0.6) is 0 Å². The molecule has 0 saturated carbocycles. The Morgan fingerprint density at radius 3 is 2.17 bits per heavy atom. The van der Waals surface area contributed by atoms with E-state index in [-0.39, 0.29) is 65.3 Å². The molecule has 0 radical (unpaired) electrons. The Labute approximate surface area is 345 Å². The third kappa shape index (κ3) is 8.63. The van der Waals surface area contributed by atoms with Crippen LogP contribution in [0.2, 0.25) is 0 Å². The Morgan fingerprint density at radius 1 is 0.907 bits per heavy atom. The molecule has 304 valence electrons. The average molecular weight is 773 g/mol. The molecule has 4 saturated heterocycles. The van der Waals surface area contributed by atoms with Gasteiger partial charge in [0, 0.05) is 42.0 Å². The van der Waals surface area contributed by atoms with Crippen LogP contribution in [0.15, 0.2) is 12.2 Å². The molecule has 0 aliphatic carbocycles. The topological polar surface area (TPSA) is 164 Å². The average Bonchev–Trinajstić information content (AvgIpc) is 3.47. The number of carboxylic acids is 1. The summed E-state index contributed by atoms with van der Waals surface area (Å²) in [6.07, 6.45) is 5.22. The molecular formula is C42H69NaO11.